The van der Waals surface area contributed by atoms with Gasteiger partial charge in [0.2, 0.25) is 5.91 Å². The molecule has 0 aliphatic heterocycles. The van der Waals surface area contributed by atoms with Crippen molar-refractivity contribution in [1.29, 1.82) is 5.26 Å². The molecule has 0 fully saturated rings. The van der Waals surface area contributed by atoms with Gasteiger partial charge in [0.15, 0.2) is 0 Å². The van der Waals surface area contributed by atoms with Crippen molar-refractivity contribution in [2.75, 3.05) is 18.5 Å². The Labute approximate surface area is 105 Å². The number of carbonyl (C=O) groups is 1. The topological polar surface area (TPSA) is 62.1 Å². The van der Waals surface area contributed by atoms with Crippen LogP contribution in [-0.2, 0) is 9.53 Å². The first kappa shape index (κ1) is 14.1. The van der Waals surface area contributed by atoms with Gasteiger partial charge in [0.25, 0.3) is 0 Å². The number of nitrogens with zero attached hydrogens (tertiary/aromatic N) is 1. The first-order valence-corrected chi connectivity index (χ1v) is 5.74. The van der Waals surface area contributed by atoms with Gasteiger partial charge in [-0.1, -0.05) is 0 Å². The molecule has 0 aliphatic carbocycles. The summed E-state index contributed by atoms with van der Waals surface area (Å²) in [5.74, 6) is -0.870. The van der Waals surface area contributed by atoms with Crippen LogP contribution in [0.3, 0.4) is 0 Å². The average Bonchev–Trinajstić information content (AvgIpc) is 2.37. The van der Waals surface area contributed by atoms with E-state index < -0.39 is 5.82 Å². The maximum absolute atomic E-state index is 13.4. The normalized spacial score (nSPS) is 9.83. The monoisotopic (exact) mass is 250 g/mol. The third-order valence-electron chi connectivity index (χ3n) is 2.27. The van der Waals surface area contributed by atoms with Gasteiger partial charge in [0, 0.05) is 19.6 Å². The molecule has 1 rings (SSSR count). The van der Waals surface area contributed by atoms with Crippen LogP contribution in [0.25, 0.3) is 0 Å². The summed E-state index contributed by atoms with van der Waals surface area (Å²) in [4.78, 5) is 11.5. The Hall–Kier alpha value is -1.93. The van der Waals surface area contributed by atoms with Crippen molar-refractivity contribution in [3.8, 4) is 6.07 Å². The van der Waals surface area contributed by atoms with E-state index >= 15 is 0 Å². The Morgan fingerprint density at radius 2 is 2.33 bits per heavy atom. The molecule has 0 saturated carbocycles. The number of hydrogen-bond acceptors (Lipinski definition) is 3. The first-order chi connectivity index (χ1) is 8.67. The number of hydrogen-bond donors (Lipinski definition) is 1. The minimum absolute atomic E-state index is 0.0930. The lowest BCUT2D eigenvalue weighted by Crippen LogP contribution is -2.13. The number of rotatable bonds is 6. The second-order valence-electron chi connectivity index (χ2n) is 3.66. The summed E-state index contributed by atoms with van der Waals surface area (Å²) in [6, 6.07) is 5.76. The number of nitriles is 1. The molecular formula is C13H15FN2O2. The van der Waals surface area contributed by atoms with Crippen LogP contribution >= 0.6 is 0 Å². The van der Waals surface area contributed by atoms with E-state index in [1.54, 1.807) is 0 Å². The number of anilines is 1. The average molecular weight is 250 g/mol. The van der Waals surface area contributed by atoms with E-state index in [1.165, 1.54) is 12.1 Å². The van der Waals surface area contributed by atoms with Gasteiger partial charge in [-0.15, -0.1) is 0 Å². The molecule has 96 valence electrons. The van der Waals surface area contributed by atoms with E-state index in [1.807, 2.05) is 13.0 Å². The van der Waals surface area contributed by atoms with Gasteiger partial charge in [-0.25, -0.2) is 4.39 Å². The summed E-state index contributed by atoms with van der Waals surface area (Å²) in [5.41, 5.74) is 0.317. The summed E-state index contributed by atoms with van der Waals surface area (Å²) < 4.78 is 18.5. The maximum atomic E-state index is 13.4. The van der Waals surface area contributed by atoms with Crippen molar-refractivity contribution in [3.05, 3.63) is 29.6 Å². The Morgan fingerprint density at radius 3 is 2.94 bits per heavy atom. The van der Waals surface area contributed by atoms with Crippen LogP contribution in [0.1, 0.15) is 25.3 Å². The van der Waals surface area contributed by atoms with Crippen LogP contribution in [0.4, 0.5) is 10.1 Å². The zero-order chi connectivity index (χ0) is 13.4. The van der Waals surface area contributed by atoms with Crippen LogP contribution in [0.2, 0.25) is 0 Å². The van der Waals surface area contributed by atoms with Gasteiger partial charge >= 0.3 is 0 Å². The molecule has 0 saturated heterocycles. The number of benzene rings is 1. The minimum atomic E-state index is -0.604. The molecule has 0 bridgehead atoms. The Morgan fingerprint density at radius 1 is 1.56 bits per heavy atom. The summed E-state index contributed by atoms with van der Waals surface area (Å²) in [6.07, 6.45) is 0.872. The summed E-state index contributed by atoms with van der Waals surface area (Å²) >= 11 is 0. The minimum Gasteiger partial charge on any atom is -0.382 e. The molecule has 1 aromatic rings. The Balaban J connectivity index is 2.47. The Kier molecular flexibility index (Phi) is 5.81. The maximum Gasteiger partial charge on any atom is 0.224 e. The Bertz CT molecular complexity index is 455. The molecule has 0 spiro atoms. The zero-order valence-corrected chi connectivity index (χ0v) is 10.2. The van der Waals surface area contributed by atoms with Crippen molar-refractivity contribution >= 4 is 11.6 Å². The number of nitrogens with one attached hydrogen (secondary N) is 1. The predicted octanol–water partition coefficient (Wildman–Crippen LogP) is 2.45. The molecular weight excluding hydrogens is 235 g/mol. The number of halogens is 1. The molecule has 4 nitrogen and oxygen atoms in total. The largest absolute Gasteiger partial charge is 0.382 e. The highest BCUT2D eigenvalue weighted by molar-refractivity contribution is 5.90. The molecule has 5 heteroatoms. The predicted molar refractivity (Wildman–Crippen MR) is 65.5 cm³/mol. The van der Waals surface area contributed by atoms with E-state index in [9.17, 15) is 9.18 Å². The molecule has 0 aromatic heterocycles. The first-order valence-electron chi connectivity index (χ1n) is 5.74. The van der Waals surface area contributed by atoms with Gasteiger partial charge in [0.1, 0.15) is 5.82 Å². The highest BCUT2D eigenvalue weighted by Gasteiger charge is 2.07. The smallest absolute Gasteiger partial charge is 0.224 e. The van der Waals surface area contributed by atoms with Crippen molar-refractivity contribution in [3.63, 3.8) is 0 Å². The van der Waals surface area contributed by atoms with Crippen LogP contribution in [0.15, 0.2) is 18.2 Å². The molecule has 1 amide bonds. The summed E-state index contributed by atoms with van der Waals surface area (Å²) in [5, 5.41) is 11.0. The quantitative estimate of drug-likeness (QED) is 0.789. The third kappa shape index (κ3) is 4.52. The van der Waals surface area contributed by atoms with Crippen molar-refractivity contribution in [1.82, 2.24) is 0 Å². The fourth-order valence-electron chi connectivity index (χ4n) is 1.38. The van der Waals surface area contributed by atoms with Crippen LogP contribution < -0.4 is 5.32 Å². The van der Waals surface area contributed by atoms with Crippen LogP contribution in [0.5, 0.6) is 0 Å². The van der Waals surface area contributed by atoms with Gasteiger partial charge in [0.05, 0.1) is 17.3 Å². The third-order valence-corrected chi connectivity index (χ3v) is 2.27. The standard InChI is InChI=1S/C13H15FN2O2/c1-2-18-7-3-4-13(17)16-12-6-5-10(9-15)8-11(12)14/h5-6,8H,2-4,7H2,1H3,(H,16,17). The number of amides is 1. The summed E-state index contributed by atoms with van der Waals surface area (Å²) in [7, 11) is 0. The molecule has 0 unspecified atom stereocenters. The number of ether oxygens (including phenoxy) is 1. The van der Waals surface area contributed by atoms with Crippen molar-refractivity contribution in [2.45, 2.75) is 19.8 Å². The summed E-state index contributed by atoms with van der Waals surface area (Å²) in [6.45, 7) is 3.01. The highest BCUT2D eigenvalue weighted by atomic mass is 19.1. The number of carbonyl (C=O) groups excluding carboxylic acids is 1. The van der Waals surface area contributed by atoms with Crippen LogP contribution in [0, 0.1) is 17.1 Å². The lowest BCUT2D eigenvalue weighted by Gasteiger charge is -2.06. The SMILES string of the molecule is CCOCCCC(=O)Nc1ccc(C#N)cc1F. The lowest BCUT2D eigenvalue weighted by atomic mass is 10.2. The van der Waals surface area contributed by atoms with Gasteiger partial charge < -0.3 is 10.1 Å². The van der Waals surface area contributed by atoms with Crippen LogP contribution in [-0.4, -0.2) is 19.1 Å². The lowest BCUT2D eigenvalue weighted by molar-refractivity contribution is -0.116. The molecule has 1 N–H and O–H groups in total. The molecule has 0 aliphatic rings. The van der Waals surface area contributed by atoms with Crippen molar-refractivity contribution in [2.24, 2.45) is 0 Å². The second kappa shape index (κ2) is 7.41. The molecule has 18 heavy (non-hydrogen) atoms. The fourth-order valence-corrected chi connectivity index (χ4v) is 1.38. The molecule has 1 aromatic carbocycles. The molecule has 0 heterocycles. The molecule has 0 radical (unpaired) electrons. The van der Waals surface area contributed by atoms with Crippen molar-refractivity contribution < 1.29 is 13.9 Å². The van der Waals surface area contributed by atoms with Gasteiger partial charge in [-0.3, -0.25) is 4.79 Å². The zero-order valence-electron chi connectivity index (χ0n) is 10.2. The van der Waals surface area contributed by atoms with E-state index in [4.69, 9.17) is 10.00 Å². The fraction of sp³-hybridized carbons (Fsp3) is 0.385. The van der Waals surface area contributed by atoms with Gasteiger partial charge in [-0.05, 0) is 31.5 Å². The van der Waals surface area contributed by atoms with E-state index in [0.29, 0.717) is 19.6 Å². The molecule has 0 atom stereocenters. The van der Waals surface area contributed by atoms with E-state index in [2.05, 4.69) is 5.32 Å². The van der Waals surface area contributed by atoms with E-state index in [0.717, 1.165) is 6.07 Å². The van der Waals surface area contributed by atoms with E-state index in [-0.39, 0.29) is 23.6 Å². The second-order valence-corrected chi connectivity index (χ2v) is 3.66. The highest BCUT2D eigenvalue weighted by Crippen LogP contribution is 2.15. The van der Waals surface area contributed by atoms with Gasteiger partial charge in [-0.2, -0.15) is 5.26 Å².